The summed E-state index contributed by atoms with van der Waals surface area (Å²) in [6.45, 7) is 8.15. The third-order valence-corrected chi connectivity index (χ3v) is 6.91. The van der Waals surface area contributed by atoms with Gasteiger partial charge in [-0.1, -0.05) is 43.3 Å². The Hall–Kier alpha value is -1.16. The molecule has 2 aliphatic heterocycles. The van der Waals surface area contributed by atoms with Crippen molar-refractivity contribution in [1.82, 2.24) is 0 Å². The van der Waals surface area contributed by atoms with Crippen LogP contribution < -0.4 is 0 Å². The molecule has 3 fully saturated rings. The average molecular weight is 314 g/mol. The van der Waals surface area contributed by atoms with Gasteiger partial charge in [0.25, 0.3) is 0 Å². The largest absolute Gasteiger partial charge is 0.384 e. The van der Waals surface area contributed by atoms with Crippen molar-refractivity contribution < 1.29 is 14.6 Å². The number of aliphatic hydroxyl groups is 1. The van der Waals surface area contributed by atoms with Gasteiger partial charge in [0.05, 0.1) is 5.60 Å². The zero-order valence-corrected chi connectivity index (χ0v) is 14.2. The molecule has 1 N–H and O–H groups in total. The van der Waals surface area contributed by atoms with Crippen LogP contribution in [0.25, 0.3) is 0 Å². The molecular formula is C20H26O3. The molecule has 2 heterocycles. The van der Waals surface area contributed by atoms with Crippen molar-refractivity contribution in [1.29, 1.82) is 0 Å². The summed E-state index contributed by atoms with van der Waals surface area (Å²) in [5.41, 5.74) is -0.0770. The summed E-state index contributed by atoms with van der Waals surface area (Å²) in [5, 5.41) is 11.5. The van der Waals surface area contributed by atoms with Crippen molar-refractivity contribution in [2.45, 2.75) is 49.6 Å². The summed E-state index contributed by atoms with van der Waals surface area (Å²) in [7, 11) is 1.66. The van der Waals surface area contributed by atoms with Gasteiger partial charge in [0.2, 0.25) is 0 Å². The molecule has 3 nitrogen and oxygen atoms in total. The van der Waals surface area contributed by atoms with Crippen LogP contribution >= 0.6 is 0 Å². The lowest BCUT2D eigenvalue weighted by atomic mass is 9.65. The average Bonchev–Trinajstić information content (AvgIpc) is 3.03. The summed E-state index contributed by atoms with van der Waals surface area (Å²) in [4.78, 5) is 0. The van der Waals surface area contributed by atoms with Crippen LogP contribution in [0, 0.1) is 17.8 Å². The number of methoxy groups -OCH3 is 1. The number of rotatable bonds is 4. The summed E-state index contributed by atoms with van der Waals surface area (Å²) >= 11 is 0. The van der Waals surface area contributed by atoms with Crippen LogP contribution in [0.2, 0.25) is 0 Å². The Bertz CT molecular complexity index is 625. The van der Waals surface area contributed by atoms with Gasteiger partial charge in [-0.25, -0.2) is 0 Å². The Morgan fingerprint density at radius 2 is 2.09 bits per heavy atom. The fourth-order valence-electron chi connectivity index (χ4n) is 6.09. The predicted octanol–water partition coefficient (Wildman–Crippen LogP) is 3.49. The second kappa shape index (κ2) is 4.69. The van der Waals surface area contributed by atoms with Crippen molar-refractivity contribution in [3.63, 3.8) is 0 Å². The molecule has 1 aromatic carbocycles. The Kier molecular flexibility index (Phi) is 3.13. The van der Waals surface area contributed by atoms with Crippen LogP contribution in [-0.4, -0.2) is 29.2 Å². The van der Waals surface area contributed by atoms with E-state index in [2.05, 4.69) is 37.8 Å². The third-order valence-electron chi connectivity index (χ3n) is 6.91. The maximum atomic E-state index is 11.5. The first-order chi connectivity index (χ1) is 10.9. The van der Waals surface area contributed by atoms with Crippen molar-refractivity contribution >= 4 is 0 Å². The smallest absolute Gasteiger partial charge is 0.198 e. The van der Waals surface area contributed by atoms with E-state index in [0.29, 0.717) is 11.8 Å². The molecule has 2 bridgehead atoms. The third kappa shape index (κ3) is 1.61. The molecule has 4 rings (SSSR count). The van der Waals surface area contributed by atoms with Gasteiger partial charge in [-0.3, -0.25) is 0 Å². The van der Waals surface area contributed by atoms with E-state index in [9.17, 15) is 5.11 Å². The molecule has 1 aromatic rings. The Labute approximate surface area is 138 Å². The van der Waals surface area contributed by atoms with Gasteiger partial charge in [0.15, 0.2) is 5.79 Å². The molecule has 0 aromatic heterocycles. The van der Waals surface area contributed by atoms with E-state index in [0.717, 1.165) is 12.8 Å². The van der Waals surface area contributed by atoms with Gasteiger partial charge in [-0.15, -0.1) is 6.58 Å². The van der Waals surface area contributed by atoms with Gasteiger partial charge in [-0.05, 0) is 36.7 Å². The van der Waals surface area contributed by atoms with Gasteiger partial charge < -0.3 is 14.6 Å². The number of hydrogen-bond acceptors (Lipinski definition) is 3. The normalized spacial score (nSPS) is 50.4. The predicted molar refractivity (Wildman–Crippen MR) is 88.9 cm³/mol. The molecule has 3 aliphatic rings. The molecular weight excluding hydrogens is 288 g/mol. The quantitative estimate of drug-likeness (QED) is 0.865. The first-order valence-electron chi connectivity index (χ1n) is 8.57. The van der Waals surface area contributed by atoms with Crippen LogP contribution in [0.5, 0.6) is 0 Å². The van der Waals surface area contributed by atoms with Gasteiger partial charge in [0.1, 0.15) is 5.60 Å². The Morgan fingerprint density at radius 3 is 2.70 bits per heavy atom. The fraction of sp³-hybridized carbons (Fsp3) is 0.600. The van der Waals surface area contributed by atoms with Crippen LogP contribution in [0.1, 0.15) is 38.2 Å². The minimum Gasteiger partial charge on any atom is -0.384 e. The highest BCUT2D eigenvalue weighted by atomic mass is 16.7. The number of hydrogen-bond donors (Lipinski definition) is 1. The second-order valence-corrected chi connectivity index (χ2v) is 7.74. The molecule has 1 aliphatic carbocycles. The van der Waals surface area contributed by atoms with Crippen molar-refractivity contribution in [3.8, 4) is 0 Å². The van der Waals surface area contributed by atoms with E-state index in [4.69, 9.17) is 9.47 Å². The maximum Gasteiger partial charge on any atom is 0.198 e. The summed E-state index contributed by atoms with van der Waals surface area (Å²) in [6.07, 6.45) is 3.45. The fourth-order valence-corrected chi connectivity index (χ4v) is 6.09. The van der Waals surface area contributed by atoms with E-state index in [-0.39, 0.29) is 17.4 Å². The zero-order valence-electron chi connectivity index (χ0n) is 14.2. The minimum atomic E-state index is -1.01. The van der Waals surface area contributed by atoms with E-state index in [1.807, 2.05) is 19.1 Å². The first-order valence-corrected chi connectivity index (χ1v) is 8.57. The van der Waals surface area contributed by atoms with Crippen molar-refractivity contribution in [3.05, 3.63) is 48.6 Å². The molecule has 4 unspecified atom stereocenters. The van der Waals surface area contributed by atoms with Gasteiger partial charge in [0, 0.05) is 19.4 Å². The molecule has 23 heavy (non-hydrogen) atoms. The number of fused-ring (bicyclic) bond motifs is 1. The lowest BCUT2D eigenvalue weighted by Crippen LogP contribution is -2.56. The molecule has 3 heteroatoms. The molecule has 0 spiro atoms. The van der Waals surface area contributed by atoms with Crippen molar-refractivity contribution in [2.75, 3.05) is 7.11 Å². The first kappa shape index (κ1) is 15.4. The summed E-state index contributed by atoms with van der Waals surface area (Å²) < 4.78 is 12.3. The van der Waals surface area contributed by atoms with Crippen molar-refractivity contribution in [2.24, 2.45) is 17.8 Å². The molecule has 1 saturated carbocycles. The maximum absolute atomic E-state index is 11.5. The lowest BCUT2D eigenvalue weighted by molar-refractivity contribution is -0.263. The van der Waals surface area contributed by atoms with Crippen LogP contribution in [0.3, 0.4) is 0 Å². The molecule has 0 amide bonds. The Morgan fingerprint density at radius 1 is 1.39 bits per heavy atom. The second-order valence-electron chi connectivity index (χ2n) is 7.74. The van der Waals surface area contributed by atoms with Crippen LogP contribution in [0.15, 0.2) is 43.0 Å². The molecule has 2 saturated heterocycles. The van der Waals surface area contributed by atoms with Crippen LogP contribution in [-0.2, 0) is 9.47 Å². The lowest BCUT2D eigenvalue weighted by Gasteiger charge is -2.42. The molecule has 7 atom stereocenters. The number of ether oxygens (including phenoxy) is 2. The highest BCUT2D eigenvalue weighted by Crippen LogP contribution is 2.74. The van der Waals surface area contributed by atoms with E-state index in [1.54, 1.807) is 7.11 Å². The highest BCUT2D eigenvalue weighted by Gasteiger charge is 2.82. The Balaban J connectivity index is 1.90. The molecule has 0 radical (unpaired) electrons. The molecule has 124 valence electrons. The topological polar surface area (TPSA) is 38.7 Å². The van der Waals surface area contributed by atoms with Gasteiger partial charge in [-0.2, -0.15) is 0 Å². The van der Waals surface area contributed by atoms with Gasteiger partial charge >= 0.3 is 0 Å². The SMILES string of the molecule is C=CCC12OC3(OC)CC1[C@H](C)[C@@H](c1ccccc1)C2[C@@]3(C)O. The number of benzene rings is 1. The van der Waals surface area contributed by atoms with Crippen LogP contribution in [0.4, 0.5) is 0 Å². The van der Waals surface area contributed by atoms with E-state index in [1.165, 1.54) is 5.56 Å². The standard InChI is InChI=1S/C20H26O3/c1-5-11-19-15-12-20(22-4,23-19)18(3,21)17(19)16(13(15)2)14-9-7-6-8-10-14/h5-10,13,15-17,21H,1,11-12H2,2-4H3/t13-,15?,16-,17?,18+,19?,20?/m0/s1. The van der Waals surface area contributed by atoms with E-state index < -0.39 is 11.4 Å². The van der Waals surface area contributed by atoms with E-state index >= 15 is 0 Å². The summed E-state index contributed by atoms with van der Waals surface area (Å²) in [5.74, 6) is 0.229. The zero-order chi connectivity index (χ0) is 16.5. The summed E-state index contributed by atoms with van der Waals surface area (Å²) in [6, 6.07) is 10.6. The monoisotopic (exact) mass is 314 g/mol. The minimum absolute atomic E-state index is 0.0177. The highest BCUT2D eigenvalue weighted by molar-refractivity contribution is 5.36.